The van der Waals surface area contributed by atoms with Gasteiger partial charge in [0, 0.05) is 28.5 Å². The molecule has 1 aliphatic heterocycles. The molecule has 3 aromatic rings. The predicted octanol–water partition coefficient (Wildman–Crippen LogP) is 6.42. The molecule has 2 aliphatic rings. The lowest BCUT2D eigenvalue weighted by molar-refractivity contribution is -0.116. The molecule has 1 N–H and O–H groups in total. The van der Waals surface area contributed by atoms with Gasteiger partial charge >= 0.3 is 0 Å². The second-order valence-electron chi connectivity index (χ2n) is 8.51. The van der Waals surface area contributed by atoms with Crippen LogP contribution in [0.5, 0.6) is 5.75 Å². The van der Waals surface area contributed by atoms with Gasteiger partial charge in [-0.3, -0.25) is 4.79 Å². The highest BCUT2D eigenvalue weighted by Crippen LogP contribution is 2.41. The molecule has 1 unspecified atom stereocenters. The van der Waals surface area contributed by atoms with Gasteiger partial charge in [0.15, 0.2) is 5.78 Å². The fourth-order valence-corrected chi connectivity index (χ4v) is 5.49. The number of hydrogen-bond acceptors (Lipinski definition) is 6. The van der Waals surface area contributed by atoms with Gasteiger partial charge in [-0.25, -0.2) is 4.68 Å². The topological polar surface area (TPSA) is 69.0 Å². The van der Waals surface area contributed by atoms with Crippen LogP contribution in [0.15, 0.2) is 65.0 Å². The van der Waals surface area contributed by atoms with Crippen molar-refractivity contribution in [2.45, 2.75) is 56.0 Å². The van der Waals surface area contributed by atoms with Gasteiger partial charge in [-0.2, -0.15) is 4.98 Å². The maximum absolute atomic E-state index is 13.1. The number of hydrogen-bond donors (Lipinski definition) is 1. The zero-order valence-electron chi connectivity index (χ0n) is 19.1. The number of nitrogens with zero attached hydrogens (tertiary/aromatic N) is 3. The second kappa shape index (κ2) is 10.2. The van der Waals surface area contributed by atoms with E-state index in [-0.39, 0.29) is 11.8 Å². The molecule has 0 saturated heterocycles. The summed E-state index contributed by atoms with van der Waals surface area (Å²) in [6.07, 6.45) is 4.32. The van der Waals surface area contributed by atoms with E-state index in [9.17, 15) is 4.79 Å². The minimum Gasteiger partial charge on any atom is -0.494 e. The highest BCUT2D eigenvalue weighted by atomic mass is 35.5. The first-order valence-corrected chi connectivity index (χ1v) is 13.1. The van der Waals surface area contributed by atoms with E-state index in [1.807, 2.05) is 53.2 Å². The molecule has 5 rings (SSSR count). The number of halogens is 1. The van der Waals surface area contributed by atoms with Crippen LogP contribution in [-0.2, 0) is 10.5 Å². The SMILES string of the molecule is CCCCOc1cccc(C2C3=C(CCCC3=O)Nc3nc(SCc4ccccc4Cl)nn32)c1. The normalized spacial score (nSPS) is 17.2. The molecule has 0 bridgehead atoms. The molecule has 34 heavy (non-hydrogen) atoms. The molecule has 1 aromatic heterocycles. The number of ether oxygens (including phenoxy) is 1. The Balaban J connectivity index is 1.48. The number of benzene rings is 2. The minimum atomic E-state index is -0.323. The third kappa shape index (κ3) is 4.72. The summed E-state index contributed by atoms with van der Waals surface area (Å²) < 4.78 is 7.80. The summed E-state index contributed by atoms with van der Waals surface area (Å²) in [4.78, 5) is 17.8. The van der Waals surface area contributed by atoms with Crippen molar-refractivity contribution < 1.29 is 9.53 Å². The molecule has 0 fully saturated rings. The van der Waals surface area contributed by atoms with Crippen molar-refractivity contribution in [3.8, 4) is 5.75 Å². The Bertz CT molecular complexity index is 1240. The van der Waals surface area contributed by atoms with Crippen LogP contribution in [0.25, 0.3) is 0 Å². The Morgan fingerprint density at radius 1 is 1.21 bits per heavy atom. The number of carbonyl (C=O) groups excluding carboxylic acids is 1. The first-order chi connectivity index (χ1) is 16.6. The van der Waals surface area contributed by atoms with E-state index in [2.05, 4.69) is 12.2 Å². The van der Waals surface area contributed by atoms with Gasteiger partial charge in [-0.15, -0.1) is 5.10 Å². The van der Waals surface area contributed by atoms with Gasteiger partial charge in [0.25, 0.3) is 0 Å². The van der Waals surface area contributed by atoms with Crippen molar-refractivity contribution in [1.82, 2.24) is 14.8 Å². The highest BCUT2D eigenvalue weighted by molar-refractivity contribution is 7.98. The van der Waals surface area contributed by atoms with Crippen molar-refractivity contribution in [2.75, 3.05) is 11.9 Å². The average molecular weight is 495 g/mol. The van der Waals surface area contributed by atoms with Gasteiger partial charge in [0.05, 0.1) is 6.61 Å². The van der Waals surface area contributed by atoms with E-state index in [1.54, 1.807) is 0 Å². The lowest BCUT2D eigenvalue weighted by atomic mass is 9.85. The van der Waals surface area contributed by atoms with Crippen LogP contribution >= 0.6 is 23.4 Å². The molecule has 1 atom stereocenters. The summed E-state index contributed by atoms with van der Waals surface area (Å²) in [6.45, 7) is 2.82. The number of Topliss-reactive ketones (excluding diaryl/α,β-unsaturated/α-hetero) is 1. The third-order valence-electron chi connectivity index (χ3n) is 6.10. The van der Waals surface area contributed by atoms with Gasteiger partial charge in [0.2, 0.25) is 11.1 Å². The molecule has 0 amide bonds. The van der Waals surface area contributed by atoms with E-state index in [0.29, 0.717) is 29.9 Å². The maximum Gasteiger partial charge on any atom is 0.227 e. The molecular weight excluding hydrogens is 468 g/mol. The molecule has 1 aliphatic carbocycles. The van der Waals surface area contributed by atoms with Gasteiger partial charge in [-0.1, -0.05) is 67.0 Å². The first kappa shape index (κ1) is 23.0. The molecule has 2 heterocycles. The number of nitrogens with one attached hydrogen (secondary N) is 1. The highest BCUT2D eigenvalue weighted by Gasteiger charge is 2.37. The molecule has 0 saturated carbocycles. The van der Waals surface area contributed by atoms with Crippen molar-refractivity contribution in [2.24, 2.45) is 0 Å². The van der Waals surface area contributed by atoms with Crippen LogP contribution in [0.2, 0.25) is 5.02 Å². The van der Waals surface area contributed by atoms with Crippen molar-refractivity contribution in [3.05, 3.63) is 76.0 Å². The number of allylic oxidation sites excluding steroid dienone is 2. The summed E-state index contributed by atoms with van der Waals surface area (Å²) in [5, 5.41) is 9.59. The Hall–Kier alpha value is -2.77. The molecule has 8 heteroatoms. The Morgan fingerprint density at radius 2 is 2.09 bits per heavy atom. The maximum atomic E-state index is 13.1. The first-order valence-electron chi connectivity index (χ1n) is 11.7. The largest absolute Gasteiger partial charge is 0.494 e. The third-order valence-corrected chi connectivity index (χ3v) is 7.36. The van der Waals surface area contributed by atoms with E-state index < -0.39 is 0 Å². The molecule has 0 spiro atoms. The molecule has 6 nitrogen and oxygen atoms in total. The Kier molecular flexibility index (Phi) is 6.92. The lowest BCUT2D eigenvalue weighted by Crippen LogP contribution is -2.31. The quantitative estimate of drug-likeness (QED) is 0.287. The van der Waals surface area contributed by atoms with Crippen molar-refractivity contribution >= 4 is 35.1 Å². The Morgan fingerprint density at radius 3 is 2.94 bits per heavy atom. The number of aromatic nitrogens is 3. The number of carbonyl (C=O) groups is 1. The summed E-state index contributed by atoms with van der Waals surface area (Å²) >= 11 is 7.86. The number of rotatable bonds is 8. The van der Waals surface area contributed by atoms with E-state index in [1.165, 1.54) is 11.8 Å². The average Bonchev–Trinajstić information content (AvgIpc) is 3.25. The smallest absolute Gasteiger partial charge is 0.227 e. The fourth-order valence-electron chi connectivity index (χ4n) is 4.37. The van der Waals surface area contributed by atoms with Crippen LogP contribution in [0, 0.1) is 0 Å². The fraction of sp³-hybridized carbons (Fsp3) is 0.346. The van der Waals surface area contributed by atoms with E-state index >= 15 is 0 Å². The van der Waals surface area contributed by atoms with E-state index in [0.717, 1.165) is 58.9 Å². The van der Waals surface area contributed by atoms with Crippen molar-refractivity contribution in [1.29, 1.82) is 0 Å². The monoisotopic (exact) mass is 494 g/mol. The number of anilines is 1. The summed E-state index contributed by atoms with van der Waals surface area (Å²) in [6, 6.07) is 15.5. The molecule has 2 aromatic carbocycles. The zero-order chi connectivity index (χ0) is 23.5. The van der Waals surface area contributed by atoms with Crippen LogP contribution in [0.3, 0.4) is 0 Å². The van der Waals surface area contributed by atoms with Crippen LogP contribution in [0.4, 0.5) is 5.95 Å². The Labute approximate surface area is 208 Å². The number of fused-ring (bicyclic) bond motifs is 1. The second-order valence-corrected chi connectivity index (χ2v) is 9.86. The number of ketones is 1. The molecule has 0 radical (unpaired) electrons. The standard InChI is InChI=1S/C26H27ClN4O2S/c1-2-3-14-33-19-10-6-9-17(15-19)24-23-21(12-7-13-22(23)32)28-25-29-26(30-31(24)25)34-16-18-8-4-5-11-20(18)27/h4-6,8-11,15,24H,2-3,7,12-14,16H2,1H3,(H,28,29,30). The van der Waals surface area contributed by atoms with Gasteiger partial charge < -0.3 is 10.1 Å². The summed E-state index contributed by atoms with van der Waals surface area (Å²) in [5.74, 6) is 2.31. The number of unbranched alkanes of at least 4 members (excludes halogenated alkanes) is 1. The molecule has 176 valence electrons. The van der Waals surface area contributed by atoms with Crippen LogP contribution in [0.1, 0.15) is 56.2 Å². The summed E-state index contributed by atoms with van der Waals surface area (Å²) in [7, 11) is 0. The lowest BCUT2D eigenvalue weighted by Gasteiger charge is -2.32. The zero-order valence-corrected chi connectivity index (χ0v) is 20.7. The number of thioether (sulfide) groups is 1. The predicted molar refractivity (Wildman–Crippen MR) is 136 cm³/mol. The minimum absolute atomic E-state index is 0.169. The van der Waals surface area contributed by atoms with Crippen LogP contribution in [-0.4, -0.2) is 27.2 Å². The summed E-state index contributed by atoms with van der Waals surface area (Å²) in [5.41, 5.74) is 3.76. The van der Waals surface area contributed by atoms with Gasteiger partial charge in [0.1, 0.15) is 11.8 Å². The van der Waals surface area contributed by atoms with Crippen LogP contribution < -0.4 is 10.1 Å². The van der Waals surface area contributed by atoms with Crippen molar-refractivity contribution in [3.63, 3.8) is 0 Å². The molecular formula is C26H27ClN4O2S. The van der Waals surface area contributed by atoms with Gasteiger partial charge in [-0.05, 0) is 48.6 Å². The van der Waals surface area contributed by atoms with E-state index in [4.69, 9.17) is 26.4 Å².